The van der Waals surface area contributed by atoms with E-state index in [1.165, 1.54) is 22.3 Å². The van der Waals surface area contributed by atoms with Gasteiger partial charge in [0.25, 0.3) is 0 Å². The smallest absolute Gasteiger partial charge is 0.0317 e. The van der Waals surface area contributed by atoms with Crippen molar-refractivity contribution in [2.75, 3.05) is 11.5 Å². The van der Waals surface area contributed by atoms with Gasteiger partial charge < -0.3 is 11.5 Å². The van der Waals surface area contributed by atoms with Crippen molar-refractivity contribution in [3.8, 4) is 0 Å². The molecule has 0 saturated heterocycles. The third-order valence-corrected chi connectivity index (χ3v) is 3.88. The van der Waals surface area contributed by atoms with E-state index in [2.05, 4.69) is 38.1 Å². The Hall–Kier alpha value is -1.96. The number of hydrogen-bond acceptors (Lipinski definition) is 2. The first-order chi connectivity index (χ1) is 10.1. The molecule has 0 aliphatic carbocycles. The Morgan fingerprint density at radius 3 is 1.48 bits per heavy atom. The van der Waals surface area contributed by atoms with E-state index >= 15 is 0 Å². The Morgan fingerprint density at radius 1 is 0.667 bits per heavy atom. The Labute approximate surface area is 128 Å². The second-order valence-corrected chi connectivity index (χ2v) is 5.73. The Morgan fingerprint density at radius 2 is 1.10 bits per heavy atom. The van der Waals surface area contributed by atoms with Gasteiger partial charge in [-0.1, -0.05) is 38.8 Å². The van der Waals surface area contributed by atoms with Gasteiger partial charge in [0.1, 0.15) is 0 Å². The van der Waals surface area contributed by atoms with Crippen molar-refractivity contribution in [2.24, 2.45) is 0 Å². The van der Waals surface area contributed by atoms with Crippen LogP contribution in [0.4, 0.5) is 11.4 Å². The van der Waals surface area contributed by atoms with Crippen LogP contribution in [0.5, 0.6) is 0 Å². The molecule has 0 amide bonds. The quantitative estimate of drug-likeness (QED) is 0.774. The van der Waals surface area contributed by atoms with Crippen LogP contribution in [0.3, 0.4) is 0 Å². The van der Waals surface area contributed by atoms with Crippen LogP contribution in [0.25, 0.3) is 0 Å². The second-order valence-electron chi connectivity index (χ2n) is 5.73. The number of anilines is 2. The van der Waals surface area contributed by atoms with E-state index in [4.69, 9.17) is 11.5 Å². The first-order valence-corrected chi connectivity index (χ1v) is 7.88. The lowest BCUT2D eigenvalue weighted by molar-refractivity contribution is 0.888. The van der Waals surface area contributed by atoms with Gasteiger partial charge in [0.05, 0.1) is 0 Å². The molecule has 21 heavy (non-hydrogen) atoms. The topological polar surface area (TPSA) is 52.0 Å². The molecule has 0 aromatic heterocycles. The SMILES string of the molecule is CCCc1ccc(N)cc1Cc1cc(N)ccc1CCC. The van der Waals surface area contributed by atoms with Crippen LogP contribution in [0, 0.1) is 0 Å². The molecule has 0 aliphatic rings. The van der Waals surface area contributed by atoms with Crippen LogP contribution in [0.2, 0.25) is 0 Å². The van der Waals surface area contributed by atoms with Gasteiger partial charge in [-0.15, -0.1) is 0 Å². The van der Waals surface area contributed by atoms with Crippen molar-refractivity contribution in [2.45, 2.75) is 46.0 Å². The lowest BCUT2D eigenvalue weighted by Crippen LogP contribution is -2.02. The number of rotatable bonds is 6. The van der Waals surface area contributed by atoms with E-state index in [1.54, 1.807) is 0 Å². The molecule has 0 fully saturated rings. The molecular weight excluding hydrogens is 256 g/mol. The predicted octanol–water partition coefficient (Wildman–Crippen LogP) is 4.35. The van der Waals surface area contributed by atoms with E-state index in [0.717, 1.165) is 43.5 Å². The predicted molar refractivity (Wildman–Crippen MR) is 92.5 cm³/mol. The van der Waals surface area contributed by atoms with Gasteiger partial charge in [-0.05, 0) is 65.8 Å². The lowest BCUT2D eigenvalue weighted by Gasteiger charge is -2.14. The molecule has 4 N–H and O–H groups in total. The summed E-state index contributed by atoms with van der Waals surface area (Å²) in [5.74, 6) is 0. The fourth-order valence-corrected chi connectivity index (χ4v) is 2.85. The molecule has 0 atom stereocenters. The average molecular weight is 282 g/mol. The first-order valence-electron chi connectivity index (χ1n) is 7.88. The summed E-state index contributed by atoms with van der Waals surface area (Å²) in [6, 6.07) is 12.6. The number of nitrogens with two attached hydrogens (primary N) is 2. The van der Waals surface area contributed by atoms with Gasteiger partial charge in [0.2, 0.25) is 0 Å². The molecule has 0 saturated carbocycles. The van der Waals surface area contributed by atoms with Crippen molar-refractivity contribution < 1.29 is 0 Å². The highest BCUT2D eigenvalue weighted by Crippen LogP contribution is 2.23. The maximum absolute atomic E-state index is 5.98. The standard InChI is InChI=1S/C19H26N2/c1-3-5-14-7-9-18(20)12-16(14)11-17-13-19(21)10-8-15(17)6-4-2/h7-10,12-13H,3-6,11,20-21H2,1-2H3. The highest BCUT2D eigenvalue weighted by atomic mass is 14.5. The molecule has 0 heterocycles. The van der Waals surface area contributed by atoms with Crippen LogP contribution in [0.15, 0.2) is 36.4 Å². The summed E-state index contributed by atoms with van der Waals surface area (Å²) in [5.41, 5.74) is 19.1. The summed E-state index contributed by atoms with van der Waals surface area (Å²) in [5, 5.41) is 0. The second kappa shape index (κ2) is 7.16. The van der Waals surface area contributed by atoms with E-state index in [1.807, 2.05) is 12.1 Å². The maximum atomic E-state index is 5.98. The summed E-state index contributed by atoms with van der Waals surface area (Å²) in [7, 11) is 0. The van der Waals surface area contributed by atoms with Gasteiger partial charge in [-0.3, -0.25) is 0 Å². The fraction of sp³-hybridized carbons (Fsp3) is 0.368. The molecule has 0 unspecified atom stereocenters. The van der Waals surface area contributed by atoms with Crippen molar-refractivity contribution in [3.63, 3.8) is 0 Å². The van der Waals surface area contributed by atoms with Crippen molar-refractivity contribution in [1.82, 2.24) is 0 Å². The molecule has 0 spiro atoms. The molecule has 0 aliphatic heterocycles. The third kappa shape index (κ3) is 4.01. The van der Waals surface area contributed by atoms with Crippen LogP contribution in [0.1, 0.15) is 48.9 Å². The Balaban J connectivity index is 2.37. The number of nitrogen functional groups attached to an aromatic ring is 2. The zero-order valence-corrected chi connectivity index (χ0v) is 13.2. The van der Waals surface area contributed by atoms with E-state index in [0.29, 0.717) is 0 Å². The minimum Gasteiger partial charge on any atom is -0.399 e. The van der Waals surface area contributed by atoms with Gasteiger partial charge in [0, 0.05) is 11.4 Å². The minimum absolute atomic E-state index is 0.839. The van der Waals surface area contributed by atoms with Crippen molar-refractivity contribution in [1.29, 1.82) is 0 Å². The van der Waals surface area contributed by atoms with Gasteiger partial charge in [-0.25, -0.2) is 0 Å². The van der Waals surface area contributed by atoms with E-state index < -0.39 is 0 Å². The molecule has 2 heteroatoms. The van der Waals surface area contributed by atoms with Gasteiger partial charge in [-0.2, -0.15) is 0 Å². The maximum Gasteiger partial charge on any atom is 0.0317 e. The Bertz CT molecular complexity index is 549. The molecule has 0 bridgehead atoms. The normalized spacial score (nSPS) is 10.8. The molecule has 2 aromatic carbocycles. The highest BCUT2D eigenvalue weighted by Gasteiger charge is 2.08. The summed E-state index contributed by atoms with van der Waals surface area (Å²) in [6.07, 6.45) is 5.41. The largest absolute Gasteiger partial charge is 0.399 e. The summed E-state index contributed by atoms with van der Waals surface area (Å²) in [6.45, 7) is 4.42. The molecule has 2 nitrogen and oxygen atoms in total. The van der Waals surface area contributed by atoms with E-state index in [-0.39, 0.29) is 0 Å². The van der Waals surface area contributed by atoms with E-state index in [9.17, 15) is 0 Å². The molecule has 112 valence electrons. The molecular formula is C19H26N2. The third-order valence-electron chi connectivity index (χ3n) is 3.88. The summed E-state index contributed by atoms with van der Waals surface area (Å²) < 4.78 is 0. The number of hydrogen-bond donors (Lipinski definition) is 2. The molecule has 2 rings (SSSR count). The average Bonchev–Trinajstić information content (AvgIpc) is 2.45. The van der Waals surface area contributed by atoms with Crippen LogP contribution < -0.4 is 11.5 Å². The molecule has 0 radical (unpaired) electrons. The minimum atomic E-state index is 0.839. The number of aryl methyl sites for hydroxylation is 2. The summed E-state index contributed by atoms with van der Waals surface area (Å²) >= 11 is 0. The van der Waals surface area contributed by atoms with Crippen LogP contribution >= 0.6 is 0 Å². The molecule has 2 aromatic rings. The van der Waals surface area contributed by atoms with Crippen LogP contribution in [-0.2, 0) is 19.3 Å². The van der Waals surface area contributed by atoms with Gasteiger partial charge in [0.15, 0.2) is 0 Å². The summed E-state index contributed by atoms with van der Waals surface area (Å²) in [4.78, 5) is 0. The zero-order chi connectivity index (χ0) is 15.2. The van der Waals surface area contributed by atoms with Gasteiger partial charge >= 0.3 is 0 Å². The first kappa shape index (κ1) is 15.4. The Kier molecular flexibility index (Phi) is 5.26. The number of benzene rings is 2. The van der Waals surface area contributed by atoms with Crippen LogP contribution in [-0.4, -0.2) is 0 Å². The monoisotopic (exact) mass is 282 g/mol. The zero-order valence-electron chi connectivity index (χ0n) is 13.2. The lowest BCUT2D eigenvalue weighted by atomic mass is 9.92. The highest BCUT2D eigenvalue weighted by molar-refractivity contribution is 5.50. The van der Waals surface area contributed by atoms with Crippen molar-refractivity contribution in [3.05, 3.63) is 58.7 Å². The van der Waals surface area contributed by atoms with Crippen molar-refractivity contribution >= 4 is 11.4 Å². The fourth-order valence-electron chi connectivity index (χ4n) is 2.85.